The summed E-state index contributed by atoms with van der Waals surface area (Å²) in [5, 5.41) is 26.3. The molecule has 3 atom stereocenters. The van der Waals surface area contributed by atoms with Crippen LogP contribution in [-0.4, -0.2) is 141 Å². The fourth-order valence-corrected chi connectivity index (χ4v) is 5.40. The molecule has 1 aromatic carbocycles. The average Bonchev–Trinajstić information content (AvgIpc) is 3.70. The van der Waals surface area contributed by atoms with E-state index in [4.69, 9.17) is 14.2 Å². The number of esters is 1. The first-order valence-electron chi connectivity index (χ1n) is 15.7. The molecule has 3 heterocycles. The maximum Gasteiger partial charge on any atom is 0.409 e. The number of aromatic nitrogens is 2. The van der Waals surface area contributed by atoms with E-state index in [2.05, 4.69) is 10.4 Å². The van der Waals surface area contributed by atoms with E-state index in [1.54, 1.807) is 44.2 Å². The van der Waals surface area contributed by atoms with Gasteiger partial charge in [0.2, 0.25) is 11.8 Å². The van der Waals surface area contributed by atoms with Gasteiger partial charge in [0.15, 0.2) is 12.3 Å². The number of benzene rings is 1. The van der Waals surface area contributed by atoms with Crippen molar-refractivity contribution in [1.82, 2.24) is 29.8 Å². The second-order valence-corrected chi connectivity index (χ2v) is 11.1. The molecule has 2 aliphatic heterocycles. The molecule has 2 aliphatic rings. The third-order valence-corrected chi connectivity index (χ3v) is 7.78. The molecule has 1 aromatic heterocycles. The molecule has 4 rings (SSSR count). The summed E-state index contributed by atoms with van der Waals surface area (Å²) in [6, 6.07) is 7.69. The predicted octanol–water partition coefficient (Wildman–Crippen LogP) is 0.0399. The number of aliphatic carboxylic acids is 1. The predicted molar refractivity (Wildman–Crippen MR) is 165 cm³/mol. The van der Waals surface area contributed by atoms with Gasteiger partial charge in [0, 0.05) is 51.6 Å². The zero-order valence-corrected chi connectivity index (χ0v) is 26.8. The number of amides is 4. The molecule has 0 aliphatic carbocycles. The number of para-hydroxylation sites is 1. The molecular formula is C31H40N6O11. The van der Waals surface area contributed by atoms with E-state index in [1.807, 2.05) is 0 Å². The molecule has 48 heavy (non-hydrogen) atoms. The number of carboxylic acid groups (broad SMARTS) is 1. The quantitative estimate of drug-likeness (QED) is 0.241. The summed E-state index contributed by atoms with van der Waals surface area (Å²) < 4.78 is 17.1. The van der Waals surface area contributed by atoms with E-state index < -0.39 is 67.0 Å². The van der Waals surface area contributed by atoms with E-state index in [-0.39, 0.29) is 70.4 Å². The lowest BCUT2D eigenvalue weighted by atomic mass is 10.1. The molecule has 4 amide bonds. The first-order chi connectivity index (χ1) is 23.0. The fourth-order valence-electron chi connectivity index (χ4n) is 5.40. The Bertz CT molecular complexity index is 1470. The van der Waals surface area contributed by atoms with Crippen molar-refractivity contribution >= 4 is 35.8 Å². The van der Waals surface area contributed by atoms with Gasteiger partial charge in [0.25, 0.3) is 11.8 Å². The van der Waals surface area contributed by atoms with E-state index in [0.29, 0.717) is 5.69 Å². The molecule has 0 spiro atoms. The topological polar surface area (TPSA) is 210 Å². The number of ether oxygens (including phenoxy) is 3. The Balaban J connectivity index is 1.50. The summed E-state index contributed by atoms with van der Waals surface area (Å²) in [4.78, 5) is 80.0. The minimum atomic E-state index is -1.21. The number of hydrogen-bond acceptors (Lipinski definition) is 11. The Kier molecular flexibility index (Phi) is 12.3. The molecular weight excluding hydrogens is 632 g/mol. The van der Waals surface area contributed by atoms with Crippen molar-refractivity contribution < 1.29 is 53.2 Å². The number of likely N-dealkylation sites (tertiary alicyclic amines) is 1. The van der Waals surface area contributed by atoms with Crippen LogP contribution in [0.5, 0.6) is 5.88 Å². The highest BCUT2D eigenvalue weighted by molar-refractivity contribution is 5.96. The van der Waals surface area contributed by atoms with Crippen LogP contribution in [0.2, 0.25) is 0 Å². The van der Waals surface area contributed by atoms with Gasteiger partial charge in [-0.25, -0.2) is 14.3 Å². The van der Waals surface area contributed by atoms with Crippen molar-refractivity contribution in [3.63, 3.8) is 0 Å². The summed E-state index contributed by atoms with van der Waals surface area (Å²) in [5.41, 5.74) is 0.306. The van der Waals surface area contributed by atoms with E-state index in [1.165, 1.54) is 25.4 Å². The number of carbonyl (C=O) groups excluding carboxylic acids is 5. The molecule has 0 unspecified atom stereocenters. The highest BCUT2D eigenvalue weighted by Crippen LogP contribution is 2.23. The van der Waals surface area contributed by atoms with Gasteiger partial charge in [0.1, 0.15) is 12.1 Å². The van der Waals surface area contributed by atoms with Crippen LogP contribution in [0, 0.1) is 0 Å². The van der Waals surface area contributed by atoms with Gasteiger partial charge in [-0.1, -0.05) is 18.2 Å². The number of β-amino-alcohol motifs (C(OH)–C–C–N with tert-alkyl or cyclic N) is 1. The van der Waals surface area contributed by atoms with E-state index >= 15 is 0 Å². The van der Waals surface area contributed by atoms with Gasteiger partial charge in [-0.3, -0.25) is 19.2 Å². The van der Waals surface area contributed by atoms with Crippen LogP contribution in [0.3, 0.4) is 0 Å². The Morgan fingerprint density at radius 2 is 1.65 bits per heavy atom. The smallest absolute Gasteiger partial charge is 0.409 e. The zero-order valence-electron chi connectivity index (χ0n) is 26.8. The fraction of sp³-hybridized carbons (Fsp3) is 0.516. The minimum absolute atomic E-state index is 0.00405. The van der Waals surface area contributed by atoms with Crippen molar-refractivity contribution in [1.29, 1.82) is 0 Å². The highest BCUT2D eigenvalue weighted by Gasteiger charge is 2.40. The summed E-state index contributed by atoms with van der Waals surface area (Å²) in [6.45, 7) is 3.76. The number of hydrogen-bond donors (Lipinski definition) is 3. The highest BCUT2D eigenvalue weighted by atomic mass is 16.6. The summed E-state index contributed by atoms with van der Waals surface area (Å²) in [7, 11) is 0. The van der Waals surface area contributed by atoms with Crippen LogP contribution in [0.15, 0.2) is 36.4 Å². The molecule has 0 saturated carbocycles. The van der Waals surface area contributed by atoms with Gasteiger partial charge in [-0.05, 0) is 32.4 Å². The molecule has 260 valence electrons. The SMILES string of the molecule is CCOC(=O)[C@@H]1C[C@@H](O)CN1C(=O)COc1cc(C(=O)N[C@@H](CCC(=O)O)C(=O)N2CCN(C(=O)OCC)CC2)nn1-c1ccccc1. The van der Waals surface area contributed by atoms with Gasteiger partial charge in [-0.2, -0.15) is 5.10 Å². The van der Waals surface area contributed by atoms with Crippen LogP contribution < -0.4 is 10.1 Å². The van der Waals surface area contributed by atoms with Crippen molar-refractivity contribution in [3.05, 3.63) is 42.1 Å². The molecule has 0 bridgehead atoms. The Labute approximate surface area is 276 Å². The van der Waals surface area contributed by atoms with Crippen molar-refractivity contribution in [3.8, 4) is 11.6 Å². The third-order valence-electron chi connectivity index (χ3n) is 7.78. The number of rotatable bonds is 13. The first-order valence-corrected chi connectivity index (χ1v) is 15.7. The Morgan fingerprint density at radius 3 is 2.29 bits per heavy atom. The second kappa shape index (κ2) is 16.6. The summed E-state index contributed by atoms with van der Waals surface area (Å²) in [6.07, 6.45) is -1.97. The van der Waals surface area contributed by atoms with Crippen LogP contribution in [0.1, 0.15) is 43.6 Å². The first kappa shape index (κ1) is 35.7. The molecule has 17 nitrogen and oxygen atoms in total. The van der Waals surface area contributed by atoms with Crippen LogP contribution in [0.4, 0.5) is 4.79 Å². The number of piperazine rings is 1. The van der Waals surface area contributed by atoms with E-state index in [9.17, 15) is 39.0 Å². The molecule has 2 fully saturated rings. The number of carboxylic acids is 1. The molecule has 2 aromatic rings. The second-order valence-electron chi connectivity index (χ2n) is 11.1. The van der Waals surface area contributed by atoms with Gasteiger partial charge in [-0.15, -0.1) is 0 Å². The monoisotopic (exact) mass is 672 g/mol. The maximum absolute atomic E-state index is 13.5. The number of aliphatic hydroxyl groups is 1. The van der Waals surface area contributed by atoms with Crippen molar-refractivity contribution in [2.75, 3.05) is 52.5 Å². The number of carbonyl (C=O) groups is 6. The lowest BCUT2D eigenvalue weighted by molar-refractivity contribution is -0.153. The Morgan fingerprint density at radius 1 is 0.979 bits per heavy atom. The normalized spacial score (nSPS) is 18.2. The molecule has 2 saturated heterocycles. The van der Waals surface area contributed by atoms with Gasteiger partial charge < -0.3 is 44.4 Å². The summed E-state index contributed by atoms with van der Waals surface area (Å²) >= 11 is 0. The van der Waals surface area contributed by atoms with E-state index in [0.717, 1.165) is 0 Å². The zero-order chi connectivity index (χ0) is 34.8. The van der Waals surface area contributed by atoms with Crippen molar-refractivity contribution in [2.24, 2.45) is 0 Å². The standard InChI is InChI=1S/C31H40N6O11/c1-3-46-30(44)24-16-21(38)18-36(24)25(39)19-48-26-17-23(33-37(26)20-8-6-5-7-9-20)28(42)32-22(10-11-27(40)41)29(43)34-12-14-35(15-13-34)31(45)47-4-2/h5-9,17,21-22,24,38H,3-4,10-16,18-19H2,1-2H3,(H,32,42)(H,40,41)/t21-,22+,24+/m1/s1. The maximum atomic E-state index is 13.5. The van der Waals surface area contributed by atoms with Gasteiger partial charge in [0.05, 0.1) is 25.0 Å². The molecule has 3 N–H and O–H groups in total. The summed E-state index contributed by atoms with van der Waals surface area (Å²) in [5.74, 6) is -3.70. The van der Waals surface area contributed by atoms with Gasteiger partial charge >= 0.3 is 18.0 Å². The van der Waals surface area contributed by atoms with Crippen LogP contribution in [-0.2, 0) is 28.7 Å². The number of nitrogens with one attached hydrogen (secondary N) is 1. The Hall–Kier alpha value is -5.19. The van der Waals surface area contributed by atoms with Crippen LogP contribution in [0.25, 0.3) is 5.69 Å². The lowest BCUT2D eigenvalue weighted by Gasteiger charge is -2.35. The largest absolute Gasteiger partial charge is 0.481 e. The van der Waals surface area contributed by atoms with Crippen LogP contribution >= 0.6 is 0 Å². The minimum Gasteiger partial charge on any atom is -0.481 e. The number of nitrogens with zero attached hydrogens (tertiary/aromatic N) is 5. The third kappa shape index (κ3) is 8.99. The average molecular weight is 673 g/mol. The molecule has 0 radical (unpaired) electrons. The number of aliphatic hydroxyl groups excluding tert-OH is 1. The van der Waals surface area contributed by atoms with Crippen molar-refractivity contribution in [2.45, 2.75) is 51.3 Å². The molecule has 17 heteroatoms. The lowest BCUT2D eigenvalue weighted by Crippen LogP contribution is -2.56.